The molecule has 3 rings (SSSR count). The molecule has 0 spiro atoms. The molecule has 0 aliphatic heterocycles. The van der Waals surface area contributed by atoms with E-state index in [4.69, 9.17) is 10.3 Å². The summed E-state index contributed by atoms with van der Waals surface area (Å²) in [4.78, 5) is 3.38. The van der Waals surface area contributed by atoms with E-state index in [0.29, 0.717) is 5.88 Å². The highest BCUT2D eigenvalue weighted by molar-refractivity contribution is 5.96. The fraction of sp³-hybridized carbons (Fsp3) is 0.154. The molecule has 0 unspecified atom stereocenters. The van der Waals surface area contributed by atoms with Crippen LogP contribution in [0.4, 0.5) is 5.88 Å². The van der Waals surface area contributed by atoms with Crippen molar-refractivity contribution in [3.8, 4) is 11.3 Å². The molecule has 3 N–H and O–H groups in total. The number of nitrogens with zero attached hydrogens (tertiary/aromatic N) is 1. The smallest absolute Gasteiger partial charge is 0.222 e. The maximum Gasteiger partial charge on any atom is 0.222 e. The van der Waals surface area contributed by atoms with E-state index in [9.17, 15) is 0 Å². The highest BCUT2D eigenvalue weighted by Gasteiger charge is 2.12. The Bertz CT molecular complexity index is 694. The standard InChI is InChI=1S/C13H13N3O/c1-7-8(2)15-13-9(7)4-3-5-10(13)11-6-12(14)17-16-11/h3-6,15H,14H2,1-2H3. The van der Waals surface area contributed by atoms with Crippen LogP contribution in [-0.2, 0) is 0 Å². The van der Waals surface area contributed by atoms with E-state index < -0.39 is 0 Å². The third kappa shape index (κ3) is 1.41. The van der Waals surface area contributed by atoms with Gasteiger partial charge < -0.3 is 15.2 Å². The summed E-state index contributed by atoms with van der Waals surface area (Å²) in [7, 11) is 0. The largest absolute Gasteiger partial charge is 0.368 e. The first kappa shape index (κ1) is 9.96. The summed E-state index contributed by atoms with van der Waals surface area (Å²) in [5.74, 6) is 0.331. The first-order valence-electron chi connectivity index (χ1n) is 5.47. The van der Waals surface area contributed by atoms with Crippen molar-refractivity contribution in [3.63, 3.8) is 0 Å². The van der Waals surface area contributed by atoms with Crippen molar-refractivity contribution in [2.24, 2.45) is 0 Å². The summed E-state index contributed by atoms with van der Waals surface area (Å²) in [5, 5.41) is 5.16. The van der Waals surface area contributed by atoms with Crippen LogP contribution in [0.15, 0.2) is 28.8 Å². The minimum atomic E-state index is 0.331. The molecular formula is C13H13N3O. The van der Waals surface area contributed by atoms with Crippen LogP contribution < -0.4 is 5.73 Å². The van der Waals surface area contributed by atoms with Gasteiger partial charge >= 0.3 is 0 Å². The van der Waals surface area contributed by atoms with Crippen LogP contribution in [0, 0.1) is 13.8 Å². The van der Waals surface area contributed by atoms with Gasteiger partial charge in [0, 0.05) is 22.7 Å². The van der Waals surface area contributed by atoms with Gasteiger partial charge in [-0.3, -0.25) is 0 Å². The summed E-state index contributed by atoms with van der Waals surface area (Å²) < 4.78 is 4.92. The second kappa shape index (κ2) is 3.38. The fourth-order valence-corrected chi connectivity index (χ4v) is 2.11. The molecule has 4 heteroatoms. The van der Waals surface area contributed by atoms with Gasteiger partial charge in [0.25, 0.3) is 0 Å². The number of nitrogens with one attached hydrogen (secondary N) is 1. The Balaban J connectivity index is 2.33. The number of hydrogen-bond acceptors (Lipinski definition) is 3. The Morgan fingerprint density at radius 2 is 2.12 bits per heavy atom. The molecule has 0 atom stereocenters. The third-order valence-corrected chi connectivity index (χ3v) is 3.15. The van der Waals surface area contributed by atoms with Crippen LogP contribution in [-0.4, -0.2) is 10.1 Å². The molecule has 1 aromatic carbocycles. The van der Waals surface area contributed by atoms with Gasteiger partial charge in [-0.15, -0.1) is 0 Å². The Morgan fingerprint density at radius 3 is 2.82 bits per heavy atom. The van der Waals surface area contributed by atoms with Crippen molar-refractivity contribution in [3.05, 3.63) is 35.5 Å². The second-order valence-electron chi connectivity index (χ2n) is 4.22. The highest BCUT2D eigenvalue weighted by Crippen LogP contribution is 2.31. The average molecular weight is 227 g/mol. The van der Waals surface area contributed by atoms with Crippen LogP contribution in [0.5, 0.6) is 0 Å². The summed E-state index contributed by atoms with van der Waals surface area (Å²) in [6.45, 7) is 4.17. The molecule has 0 aliphatic rings. The molecule has 0 aliphatic carbocycles. The Labute approximate surface area is 98.4 Å². The second-order valence-corrected chi connectivity index (χ2v) is 4.22. The number of benzene rings is 1. The predicted octanol–water partition coefficient (Wildman–Crippen LogP) is 3.02. The molecule has 0 radical (unpaired) electrons. The number of hydrogen-bond donors (Lipinski definition) is 2. The van der Waals surface area contributed by atoms with Gasteiger partial charge in [-0.05, 0) is 19.4 Å². The van der Waals surface area contributed by atoms with E-state index in [1.54, 1.807) is 6.07 Å². The molecule has 86 valence electrons. The predicted molar refractivity (Wildman–Crippen MR) is 67.7 cm³/mol. The van der Waals surface area contributed by atoms with Gasteiger partial charge in [0.05, 0.1) is 5.52 Å². The zero-order chi connectivity index (χ0) is 12.0. The molecule has 0 saturated heterocycles. The highest BCUT2D eigenvalue weighted by atomic mass is 16.5. The number of aromatic nitrogens is 2. The molecule has 4 nitrogen and oxygen atoms in total. The lowest BCUT2D eigenvalue weighted by Crippen LogP contribution is -1.80. The van der Waals surface area contributed by atoms with Crippen molar-refractivity contribution in [1.82, 2.24) is 10.1 Å². The number of H-pyrrole nitrogens is 1. The average Bonchev–Trinajstić information content (AvgIpc) is 2.85. The summed E-state index contributed by atoms with van der Waals surface area (Å²) >= 11 is 0. The molecule has 2 heterocycles. The van der Waals surface area contributed by atoms with Gasteiger partial charge in [-0.2, -0.15) is 0 Å². The number of anilines is 1. The maximum absolute atomic E-state index is 5.56. The minimum absolute atomic E-state index is 0.331. The topological polar surface area (TPSA) is 67.8 Å². The Kier molecular flexibility index (Phi) is 1.98. The molecule has 0 bridgehead atoms. The maximum atomic E-state index is 5.56. The Hall–Kier alpha value is -2.23. The molecule has 3 aromatic rings. The monoisotopic (exact) mass is 227 g/mol. The van der Waals surface area contributed by atoms with E-state index in [2.05, 4.69) is 30.1 Å². The molecule has 0 fully saturated rings. The SMILES string of the molecule is Cc1[nH]c2c(-c3cc(N)on3)cccc2c1C. The van der Waals surface area contributed by atoms with E-state index in [0.717, 1.165) is 16.8 Å². The normalized spacial score (nSPS) is 11.2. The van der Waals surface area contributed by atoms with Crippen LogP contribution in [0.1, 0.15) is 11.3 Å². The van der Waals surface area contributed by atoms with Crippen molar-refractivity contribution < 1.29 is 4.52 Å². The molecule has 2 aromatic heterocycles. The van der Waals surface area contributed by atoms with Gasteiger partial charge in [-0.25, -0.2) is 0 Å². The van der Waals surface area contributed by atoms with Crippen molar-refractivity contribution in [1.29, 1.82) is 0 Å². The van der Waals surface area contributed by atoms with Gasteiger partial charge in [0.15, 0.2) is 0 Å². The van der Waals surface area contributed by atoms with E-state index in [-0.39, 0.29) is 0 Å². The fourth-order valence-electron chi connectivity index (χ4n) is 2.11. The lowest BCUT2D eigenvalue weighted by Gasteiger charge is -1.98. The van der Waals surface area contributed by atoms with E-state index in [1.165, 1.54) is 16.6 Å². The number of nitrogen functional groups attached to an aromatic ring is 1. The number of nitrogens with two attached hydrogens (primary N) is 1. The van der Waals surface area contributed by atoms with Crippen LogP contribution in [0.25, 0.3) is 22.2 Å². The van der Waals surface area contributed by atoms with Crippen LogP contribution in [0.2, 0.25) is 0 Å². The van der Waals surface area contributed by atoms with Crippen LogP contribution in [0.3, 0.4) is 0 Å². The quantitative estimate of drug-likeness (QED) is 0.671. The zero-order valence-corrected chi connectivity index (χ0v) is 9.74. The minimum Gasteiger partial charge on any atom is -0.368 e. The number of aryl methyl sites for hydroxylation is 2. The van der Waals surface area contributed by atoms with Gasteiger partial charge in [0.2, 0.25) is 5.88 Å². The van der Waals surface area contributed by atoms with Gasteiger partial charge in [0.1, 0.15) is 5.69 Å². The summed E-state index contributed by atoms with van der Waals surface area (Å²) in [5.41, 5.74) is 10.8. The van der Waals surface area contributed by atoms with E-state index in [1.807, 2.05) is 12.1 Å². The van der Waals surface area contributed by atoms with Crippen molar-refractivity contribution in [2.45, 2.75) is 13.8 Å². The van der Waals surface area contributed by atoms with Crippen molar-refractivity contribution >= 4 is 16.8 Å². The van der Waals surface area contributed by atoms with Crippen molar-refractivity contribution in [2.75, 3.05) is 5.73 Å². The number of rotatable bonds is 1. The lowest BCUT2D eigenvalue weighted by atomic mass is 10.1. The summed E-state index contributed by atoms with van der Waals surface area (Å²) in [6.07, 6.45) is 0. The van der Waals surface area contributed by atoms with Crippen LogP contribution >= 0.6 is 0 Å². The summed E-state index contributed by atoms with van der Waals surface area (Å²) in [6, 6.07) is 7.86. The third-order valence-electron chi connectivity index (χ3n) is 3.15. The molecule has 0 amide bonds. The Morgan fingerprint density at radius 1 is 1.29 bits per heavy atom. The first-order chi connectivity index (χ1) is 8.16. The molecular weight excluding hydrogens is 214 g/mol. The molecule has 17 heavy (non-hydrogen) atoms. The van der Waals surface area contributed by atoms with Gasteiger partial charge in [-0.1, -0.05) is 23.4 Å². The number of fused-ring (bicyclic) bond motifs is 1. The first-order valence-corrected chi connectivity index (χ1v) is 5.47. The number of aromatic amines is 1. The number of para-hydroxylation sites is 1. The van der Waals surface area contributed by atoms with E-state index >= 15 is 0 Å². The lowest BCUT2D eigenvalue weighted by molar-refractivity contribution is 0.439. The zero-order valence-electron chi connectivity index (χ0n) is 9.74. The molecule has 0 saturated carbocycles.